The minimum atomic E-state index is 0.894. The number of hydrogen-bond donors (Lipinski definition) is 0. The molecule has 0 aliphatic rings. The Morgan fingerprint density at radius 3 is 1.83 bits per heavy atom. The van der Waals surface area contributed by atoms with Crippen molar-refractivity contribution in [3.05, 3.63) is 188 Å². The maximum absolute atomic E-state index is 6.28. The third-order valence-electron chi connectivity index (χ3n) is 9.25. The van der Waals surface area contributed by atoms with Crippen LogP contribution >= 0.6 is 0 Å². The Morgan fingerprint density at radius 2 is 0.958 bits per heavy atom. The van der Waals surface area contributed by atoms with E-state index in [2.05, 4.69) is 181 Å². The quantitative estimate of drug-likeness (QED) is 0.185. The average Bonchev–Trinajstić information content (AvgIpc) is 3.54. The molecule has 1 aromatic heterocycles. The third kappa shape index (κ3) is 5.01. The van der Waals surface area contributed by atoms with Crippen molar-refractivity contribution in [2.75, 3.05) is 4.90 Å². The molecule has 226 valence electrons. The van der Waals surface area contributed by atoms with Crippen molar-refractivity contribution in [3.63, 3.8) is 0 Å². The van der Waals surface area contributed by atoms with Gasteiger partial charge in [-0.05, 0) is 99.3 Å². The molecule has 0 atom stereocenters. The van der Waals surface area contributed by atoms with E-state index in [9.17, 15) is 0 Å². The number of benzene rings is 8. The van der Waals surface area contributed by atoms with Crippen molar-refractivity contribution in [3.8, 4) is 33.4 Å². The van der Waals surface area contributed by atoms with Gasteiger partial charge in [0.2, 0.25) is 0 Å². The highest BCUT2D eigenvalue weighted by molar-refractivity contribution is 6.06. The number of hydrogen-bond acceptors (Lipinski definition) is 2. The van der Waals surface area contributed by atoms with Crippen LogP contribution in [0.15, 0.2) is 192 Å². The van der Waals surface area contributed by atoms with Crippen molar-refractivity contribution < 1.29 is 4.42 Å². The van der Waals surface area contributed by atoms with Gasteiger partial charge in [-0.25, -0.2) is 0 Å². The molecule has 0 aliphatic heterocycles. The summed E-state index contributed by atoms with van der Waals surface area (Å²) in [6, 6.07) is 67.0. The van der Waals surface area contributed by atoms with E-state index < -0.39 is 0 Å². The van der Waals surface area contributed by atoms with Crippen LogP contribution in [0.25, 0.3) is 66.1 Å². The number of furan rings is 1. The molecule has 9 aromatic rings. The number of fused-ring (bicyclic) bond motifs is 4. The second kappa shape index (κ2) is 11.8. The second-order valence-electron chi connectivity index (χ2n) is 12.2. The summed E-state index contributed by atoms with van der Waals surface area (Å²) in [5.74, 6) is 0. The molecular weight excluding hydrogens is 583 g/mol. The van der Waals surface area contributed by atoms with E-state index in [4.69, 9.17) is 4.42 Å². The van der Waals surface area contributed by atoms with Crippen molar-refractivity contribution >= 4 is 49.8 Å². The summed E-state index contributed by atoms with van der Waals surface area (Å²) in [5, 5.41) is 4.78. The molecule has 9 rings (SSSR count). The van der Waals surface area contributed by atoms with Crippen molar-refractivity contribution in [2.45, 2.75) is 0 Å². The molecule has 8 aromatic carbocycles. The molecule has 1 heterocycles. The molecule has 48 heavy (non-hydrogen) atoms. The average molecular weight is 614 g/mol. The standard InChI is InChI=1S/C46H31NO/c1-2-15-39(16-3-1)47(44-19-8-6-17-41(44)38-25-28-43-42-18-7-9-20-45(42)48-46(43)31-38)40-26-23-33(24-27-40)35-13-10-14-36(29-35)37-22-21-32-11-4-5-12-34(32)30-37/h1-31H. The highest BCUT2D eigenvalue weighted by Gasteiger charge is 2.18. The predicted molar refractivity (Wildman–Crippen MR) is 202 cm³/mol. The van der Waals surface area contributed by atoms with Gasteiger partial charge in [0.15, 0.2) is 0 Å². The van der Waals surface area contributed by atoms with Gasteiger partial charge in [-0.3, -0.25) is 0 Å². The molecule has 0 N–H and O–H groups in total. The van der Waals surface area contributed by atoms with Gasteiger partial charge in [-0.2, -0.15) is 0 Å². The van der Waals surface area contributed by atoms with Gasteiger partial charge in [-0.1, -0.05) is 127 Å². The fourth-order valence-electron chi connectivity index (χ4n) is 6.86. The second-order valence-corrected chi connectivity index (χ2v) is 12.2. The fourth-order valence-corrected chi connectivity index (χ4v) is 6.86. The zero-order valence-electron chi connectivity index (χ0n) is 26.3. The molecular formula is C46H31NO. The Labute approximate surface area is 279 Å². The monoisotopic (exact) mass is 613 g/mol. The topological polar surface area (TPSA) is 16.4 Å². The zero-order valence-corrected chi connectivity index (χ0v) is 26.3. The minimum absolute atomic E-state index is 0.894. The minimum Gasteiger partial charge on any atom is -0.456 e. The molecule has 0 unspecified atom stereocenters. The molecule has 0 aliphatic carbocycles. The summed E-state index contributed by atoms with van der Waals surface area (Å²) in [4.78, 5) is 2.34. The molecule has 0 fully saturated rings. The van der Waals surface area contributed by atoms with Gasteiger partial charge in [0, 0.05) is 27.7 Å². The van der Waals surface area contributed by atoms with Crippen LogP contribution in [0.2, 0.25) is 0 Å². The lowest BCUT2D eigenvalue weighted by atomic mass is 9.97. The molecule has 0 saturated heterocycles. The molecule has 0 saturated carbocycles. The normalized spacial score (nSPS) is 11.3. The van der Waals surface area contributed by atoms with Crippen LogP contribution in [0.4, 0.5) is 17.1 Å². The molecule has 2 nitrogen and oxygen atoms in total. The van der Waals surface area contributed by atoms with Crippen LogP contribution in [-0.4, -0.2) is 0 Å². The van der Waals surface area contributed by atoms with Crippen LogP contribution in [0.1, 0.15) is 0 Å². The van der Waals surface area contributed by atoms with Gasteiger partial charge >= 0.3 is 0 Å². The van der Waals surface area contributed by atoms with E-state index >= 15 is 0 Å². The Kier molecular flexibility index (Phi) is 6.84. The summed E-state index contributed by atoms with van der Waals surface area (Å²) in [5.41, 5.74) is 12.1. The molecule has 0 radical (unpaired) electrons. The smallest absolute Gasteiger partial charge is 0.136 e. The number of nitrogens with zero attached hydrogens (tertiary/aromatic N) is 1. The van der Waals surface area contributed by atoms with Crippen molar-refractivity contribution in [2.24, 2.45) is 0 Å². The van der Waals surface area contributed by atoms with Gasteiger partial charge < -0.3 is 9.32 Å². The van der Waals surface area contributed by atoms with Crippen LogP contribution in [0.5, 0.6) is 0 Å². The fraction of sp³-hybridized carbons (Fsp3) is 0. The van der Waals surface area contributed by atoms with Crippen LogP contribution in [-0.2, 0) is 0 Å². The van der Waals surface area contributed by atoms with E-state index in [1.807, 2.05) is 12.1 Å². The van der Waals surface area contributed by atoms with Crippen molar-refractivity contribution in [1.29, 1.82) is 0 Å². The maximum Gasteiger partial charge on any atom is 0.136 e. The molecule has 0 amide bonds. The Bertz CT molecular complexity index is 2560. The lowest BCUT2D eigenvalue weighted by Gasteiger charge is -2.28. The molecule has 0 spiro atoms. The summed E-state index contributed by atoms with van der Waals surface area (Å²) >= 11 is 0. The first kappa shape index (κ1) is 27.9. The van der Waals surface area contributed by atoms with E-state index in [1.165, 1.54) is 33.0 Å². The highest BCUT2D eigenvalue weighted by Crippen LogP contribution is 2.42. The largest absolute Gasteiger partial charge is 0.456 e. The van der Waals surface area contributed by atoms with Gasteiger partial charge in [0.1, 0.15) is 11.2 Å². The number of para-hydroxylation sites is 3. The van der Waals surface area contributed by atoms with E-state index in [1.54, 1.807) is 0 Å². The van der Waals surface area contributed by atoms with Crippen LogP contribution in [0.3, 0.4) is 0 Å². The first-order valence-electron chi connectivity index (χ1n) is 16.3. The van der Waals surface area contributed by atoms with Gasteiger partial charge in [-0.15, -0.1) is 0 Å². The van der Waals surface area contributed by atoms with Crippen molar-refractivity contribution in [1.82, 2.24) is 0 Å². The number of rotatable bonds is 6. The van der Waals surface area contributed by atoms with E-state index in [0.29, 0.717) is 0 Å². The first-order valence-corrected chi connectivity index (χ1v) is 16.3. The highest BCUT2D eigenvalue weighted by atomic mass is 16.3. The Hall–Kier alpha value is -6.38. The SMILES string of the molecule is c1ccc(N(c2ccc(-c3cccc(-c4ccc5ccccc5c4)c3)cc2)c2ccccc2-c2ccc3c(c2)oc2ccccc23)cc1. The summed E-state index contributed by atoms with van der Waals surface area (Å²) in [6.07, 6.45) is 0. The predicted octanol–water partition coefficient (Wildman–Crippen LogP) is 13.2. The maximum atomic E-state index is 6.28. The molecule has 2 heteroatoms. The zero-order chi connectivity index (χ0) is 31.9. The van der Waals surface area contributed by atoms with Crippen LogP contribution in [0, 0.1) is 0 Å². The Morgan fingerprint density at radius 1 is 0.333 bits per heavy atom. The summed E-state index contributed by atoms with van der Waals surface area (Å²) in [7, 11) is 0. The van der Waals surface area contributed by atoms with Crippen LogP contribution < -0.4 is 4.90 Å². The molecule has 0 bridgehead atoms. The summed E-state index contributed by atoms with van der Waals surface area (Å²) < 4.78 is 6.28. The van der Waals surface area contributed by atoms with E-state index in [0.717, 1.165) is 50.1 Å². The number of anilines is 3. The third-order valence-corrected chi connectivity index (χ3v) is 9.25. The lowest BCUT2D eigenvalue weighted by Crippen LogP contribution is -2.11. The Balaban J connectivity index is 1.10. The van der Waals surface area contributed by atoms with Gasteiger partial charge in [0.05, 0.1) is 5.69 Å². The van der Waals surface area contributed by atoms with E-state index in [-0.39, 0.29) is 0 Å². The van der Waals surface area contributed by atoms with Gasteiger partial charge in [0.25, 0.3) is 0 Å². The first-order chi connectivity index (χ1) is 23.8. The lowest BCUT2D eigenvalue weighted by molar-refractivity contribution is 0.669. The summed E-state index contributed by atoms with van der Waals surface area (Å²) in [6.45, 7) is 0.